The van der Waals surface area contributed by atoms with Crippen LogP contribution in [0, 0.1) is 6.92 Å². The smallest absolute Gasteiger partial charge is 0.345 e. The molecule has 6 nitrogen and oxygen atoms in total. The first-order valence-electron chi connectivity index (χ1n) is 11.5. The Balaban J connectivity index is 1.53. The lowest BCUT2D eigenvalue weighted by Crippen LogP contribution is -2.29. The zero-order valence-electron chi connectivity index (χ0n) is 20.5. The lowest BCUT2D eigenvalue weighted by atomic mass is 9.87. The van der Waals surface area contributed by atoms with E-state index < -0.39 is 12.1 Å². The molecule has 1 unspecified atom stereocenters. The minimum Gasteiger partial charge on any atom is -0.488 e. The van der Waals surface area contributed by atoms with Gasteiger partial charge in [0.1, 0.15) is 18.1 Å². The Morgan fingerprint density at radius 3 is 2.23 bits per heavy atom. The maximum Gasteiger partial charge on any atom is 0.345 e. The summed E-state index contributed by atoms with van der Waals surface area (Å²) in [7, 11) is 0. The fourth-order valence-corrected chi connectivity index (χ4v) is 3.42. The number of hydrogen-bond donors (Lipinski definition) is 1. The minimum atomic E-state index is -1.03. The zero-order chi connectivity index (χ0) is 25.4. The van der Waals surface area contributed by atoms with E-state index in [4.69, 9.17) is 9.47 Å². The number of carbonyl (C=O) groups excluding carboxylic acids is 1. The van der Waals surface area contributed by atoms with Crippen LogP contribution in [0.4, 0.5) is 0 Å². The van der Waals surface area contributed by atoms with Crippen molar-refractivity contribution in [2.24, 2.45) is 4.99 Å². The number of aryl methyl sites for hydroxylation is 1. The van der Waals surface area contributed by atoms with Crippen LogP contribution in [0.15, 0.2) is 77.8 Å². The molecule has 0 heterocycles. The number of hydrogen-bond acceptors (Lipinski definition) is 4. The Labute approximate surface area is 206 Å². The maximum absolute atomic E-state index is 12.1. The molecule has 182 valence electrons. The number of amides is 1. The average Bonchev–Trinajstić information content (AvgIpc) is 2.82. The molecule has 0 aliphatic carbocycles. The molecule has 1 amide bonds. The van der Waals surface area contributed by atoms with Crippen molar-refractivity contribution in [3.05, 3.63) is 95.1 Å². The molecule has 0 radical (unpaired) electrons. The summed E-state index contributed by atoms with van der Waals surface area (Å²) in [5, 5.41) is 9.63. The van der Waals surface area contributed by atoms with Gasteiger partial charge in [-0.3, -0.25) is 4.79 Å². The summed E-state index contributed by atoms with van der Waals surface area (Å²) in [5.41, 5.74) is 3.50. The summed E-state index contributed by atoms with van der Waals surface area (Å²) >= 11 is 0. The van der Waals surface area contributed by atoms with E-state index >= 15 is 0 Å². The highest BCUT2D eigenvalue weighted by Gasteiger charge is 2.21. The number of carboxylic acids is 1. The van der Waals surface area contributed by atoms with E-state index in [1.807, 2.05) is 31.2 Å². The van der Waals surface area contributed by atoms with Crippen molar-refractivity contribution >= 4 is 18.1 Å². The van der Waals surface area contributed by atoms with Gasteiger partial charge in [-0.15, -0.1) is 0 Å². The van der Waals surface area contributed by atoms with Crippen LogP contribution >= 0.6 is 0 Å². The number of aliphatic imine (C=N–C) groups is 1. The fourth-order valence-electron chi connectivity index (χ4n) is 3.42. The predicted molar refractivity (Wildman–Crippen MR) is 137 cm³/mol. The highest BCUT2D eigenvalue weighted by molar-refractivity contribution is 5.99. The Bertz CT molecular complexity index is 1170. The first-order valence-corrected chi connectivity index (χ1v) is 11.5. The van der Waals surface area contributed by atoms with Crippen LogP contribution in [0.2, 0.25) is 0 Å². The number of aliphatic carboxylic acids is 1. The number of rotatable bonds is 9. The molecular weight excluding hydrogens is 442 g/mol. The summed E-state index contributed by atoms with van der Waals surface area (Å²) < 4.78 is 11.4. The van der Waals surface area contributed by atoms with Gasteiger partial charge in [-0.2, -0.15) is 0 Å². The standard InChI is InChI=1S/C29H31NO5/c1-20-6-5-7-22(18-20)27(31)30-16-17-34-24-12-8-21(9-13-24)19-26(28(32)33)35-25-14-10-23(11-15-25)29(2,3)4/h5-16,18,26H,17,19H2,1-4H3,(H,32,33). The van der Waals surface area contributed by atoms with Gasteiger partial charge in [0.15, 0.2) is 6.10 Å². The monoisotopic (exact) mass is 473 g/mol. The molecule has 1 atom stereocenters. The lowest BCUT2D eigenvalue weighted by Gasteiger charge is -2.20. The second-order valence-electron chi connectivity index (χ2n) is 9.36. The average molecular weight is 474 g/mol. The van der Waals surface area contributed by atoms with Crippen molar-refractivity contribution in [2.45, 2.75) is 45.6 Å². The van der Waals surface area contributed by atoms with E-state index in [1.165, 1.54) is 6.21 Å². The lowest BCUT2D eigenvalue weighted by molar-refractivity contribution is -0.145. The van der Waals surface area contributed by atoms with Crippen molar-refractivity contribution in [3.8, 4) is 11.5 Å². The predicted octanol–water partition coefficient (Wildman–Crippen LogP) is 5.66. The van der Waals surface area contributed by atoms with Gasteiger partial charge < -0.3 is 14.6 Å². The Hall–Kier alpha value is -3.93. The normalized spacial score (nSPS) is 12.3. The largest absolute Gasteiger partial charge is 0.488 e. The van der Waals surface area contributed by atoms with Crippen molar-refractivity contribution in [1.82, 2.24) is 0 Å². The topological polar surface area (TPSA) is 85.2 Å². The van der Waals surface area contributed by atoms with E-state index in [0.717, 1.165) is 16.7 Å². The van der Waals surface area contributed by atoms with Crippen LogP contribution in [0.3, 0.4) is 0 Å². The second-order valence-corrected chi connectivity index (χ2v) is 9.36. The highest BCUT2D eigenvalue weighted by Crippen LogP contribution is 2.25. The Morgan fingerprint density at radius 2 is 1.63 bits per heavy atom. The number of carbonyl (C=O) groups is 2. The summed E-state index contributed by atoms with van der Waals surface area (Å²) in [6.07, 6.45) is 0.628. The molecule has 0 aliphatic heterocycles. The molecule has 0 saturated carbocycles. The Kier molecular flexibility index (Phi) is 8.42. The van der Waals surface area contributed by atoms with E-state index in [9.17, 15) is 14.7 Å². The molecular formula is C29H31NO5. The van der Waals surface area contributed by atoms with Gasteiger partial charge >= 0.3 is 5.97 Å². The second kappa shape index (κ2) is 11.5. The summed E-state index contributed by atoms with van der Waals surface area (Å²) in [6.45, 7) is 8.42. The van der Waals surface area contributed by atoms with E-state index in [2.05, 4.69) is 25.8 Å². The van der Waals surface area contributed by atoms with Crippen LogP contribution in [0.5, 0.6) is 11.5 Å². The molecule has 3 aromatic carbocycles. The van der Waals surface area contributed by atoms with Crippen LogP contribution < -0.4 is 9.47 Å². The van der Waals surface area contributed by atoms with Crippen molar-refractivity contribution in [2.75, 3.05) is 6.61 Å². The highest BCUT2D eigenvalue weighted by atomic mass is 16.5. The summed E-state index contributed by atoms with van der Waals surface area (Å²) in [4.78, 5) is 27.8. The van der Waals surface area contributed by atoms with Crippen LogP contribution in [-0.2, 0) is 16.6 Å². The van der Waals surface area contributed by atoms with Crippen molar-refractivity contribution in [3.63, 3.8) is 0 Å². The van der Waals surface area contributed by atoms with Gasteiger partial charge in [0.25, 0.3) is 5.91 Å². The molecule has 0 aliphatic rings. The van der Waals surface area contributed by atoms with Crippen LogP contribution in [-0.4, -0.2) is 35.9 Å². The molecule has 0 fully saturated rings. The quantitative estimate of drug-likeness (QED) is 0.406. The SMILES string of the molecule is Cc1cccc(C(=O)N=CCOc2ccc(CC(Oc3ccc(C(C)(C)C)cc3)C(=O)O)cc2)c1. The van der Waals surface area contributed by atoms with Gasteiger partial charge in [-0.1, -0.05) is 62.7 Å². The number of carboxylic acid groups (broad SMARTS) is 1. The van der Waals surface area contributed by atoms with Gasteiger partial charge in [0.05, 0.1) is 0 Å². The minimum absolute atomic E-state index is 0.0109. The van der Waals surface area contributed by atoms with Gasteiger partial charge in [0, 0.05) is 18.2 Å². The first-order chi connectivity index (χ1) is 16.6. The third-order valence-electron chi connectivity index (χ3n) is 5.42. The summed E-state index contributed by atoms with van der Waals surface area (Å²) in [6, 6.07) is 21.9. The van der Waals surface area contributed by atoms with Crippen molar-refractivity contribution < 1.29 is 24.2 Å². The van der Waals surface area contributed by atoms with Crippen LogP contribution in [0.25, 0.3) is 0 Å². The number of ether oxygens (including phenoxy) is 2. The molecule has 3 rings (SSSR count). The molecule has 0 aromatic heterocycles. The molecule has 35 heavy (non-hydrogen) atoms. The van der Waals surface area contributed by atoms with Gasteiger partial charge in [-0.25, -0.2) is 9.79 Å². The maximum atomic E-state index is 12.1. The first kappa shape index (κ1) is 25.7. The Morgan fingerprint density at radius 1 is 0.971 bits per heavy atom. The molecule has 0 bridgehead atoms. The molecule has 6 heteroatoms. The molecule has 0 saturated heterocycles. The molecule has 3 aromatic rings. The number of nitrogens with zero attached hydrogens (tertiary/aromatic N) is 1. The molecule has 1 N–H and O–H groups in total. The summed E-state index contributed by atoms with van der Waals surface area (Å²) in [5.74, 6) is -0.237. The van der Waals surface area contributed by atoms with Crippen LogP contribution in [0.1, 0.15) is 47.8 Å². The van der Waals surface area contributed by atoms with Gasteiger partial charge in [0.2, 0.25) is 0 Å². The van der Waals surface area contributed by atoms with E-state index in [0.29, 0.717) is 17.1 Å². The number of benzene rings is 3. The fraction of sp³-hybridized carbons (Fsp3) is 0.276. The third-order valence-corrected chi connectivity index (χ3v) is 5.42. The third kappa shape index (κ3) is 7.81. The molecule has 0 spiro atoms. The zero-order valence-corrected chi connectivity index (χ0v) is 20.5. The van der Waals surface area contributed by atoms with Gasteiger partial charge in [-0.05, 0) is 59.9 Å². The van der Waals surface area contributed by atoms with E-state index in [-0.39, 0.29) is 24.3 Å². The van der Waals surface area contributed by atoms with E-state index in [1.54, 1.807) is 48.5 Å². The van der Waals surface area contributed by atoms with Crippen molar-refractivity contribution in [1.29, 1.82) is 0 Å².